The van der Waals surface area contributed by atoms with Crippen molar-refractivity contribution in [2.24, 2.45) is 10.8 Å². The number of aromatic nitrogens is 2. The van der Waals surface area contributed by atoms with Crippen LogP contribution in [0.15, 0.2) is 48.8 Å². The number of Topliss-reactive ketones (excluding diaryl/α,β-unsaturated/α-hetero) is 1. The normalized spacial score (nSPS) is 24.9. The van der Waals surface area contributed by atoms with Crippen molar-refractivity contribution < 1.29 is 23.9 Å². The molecule has 0 N–H and O–H groups in total. The summed E-state index contributed by atoms with van der Waals surface area (Å²) in [5, 5.41) is 0. The molecule has 46 heavy (non-hydrogen) atoms. The van der Waals surface area contributed by atoms with Gasteiger partial charge in [-0.2, -0.15) is 0 Å². The van der Waals surface area contributed by atoms with E-state index in [9.17, 15) is 9.59 Å². The molecule has 2 aliphatic heterocycles. The highest BCUT2D eigenvalue weighted by Crippen LogP contribution is 2.60. The fourth-order valence-electron chi connectivity index (χ4n) is 7.87. The first-order valence-electron chi connectivity index (χ1n) is 17.4. The molecule has 0 aliphatic carbocycles. The van der Waals surface area contributed by atoms with Crippen LogP contribution in [0.1, 0.15) is 114 Å². The van der Waals surface area contributed by atoms with Crippen molar-refractivity contribution in [1.29, 1.82) is 0 Å². The molecule has 2 fully saturated rings. The zero-order valence-corrected chi connectivity index (χ0v) is 28.4. The zero-order chi connectivity index (χ0) is 33.0. The van der Waals surface area contributed by atoms with Crippen LogP contribution >= 0.6 is 0 Å². The monoisotopic (exact) mass is 634 g/mol. The van der Waals surface area contributed by atoms with Gasteiger partial charge in [0.2, 0.25) is 0 Å². The lowest BCUT2D eigenvalue weighted by Crippen LogP contribution is -2.76. The Hall–Kier alpha value is -3.17. The number of piperidine rings is 2. The fraction of sp³-hybridized carbons (Fsp3) is 0.649. The molecule has 2 bridgehead atoms. The van der Waals surface area contributed by atoms with Gasteiger partial charge in [-0.25, -0.2) is 0 Å². The minimum atomic E-state index is -1.69. The quantitative estimate of drug-likeness (QED) is 0.103. The summed E-state index contributed by atoms with van der Waals surface area (Å²) in [5.74, 6) is -1.73. The molecule has 4 heterocycles. The van der Waals surface area contributed by atoms with Gasteiger partial charge in [0, 0.05) is 25.5 Å². The number of rotatable bonds is 18. The van der Waals surface area contributed by atoms with Crippen molar-refractivity contribution >= 4 is 17.7 Å². The number of pyridine rings is 2. The fourth-order valence-corrected chi connectivity index (χ4v) is 7.87. The van der Waals surface area contributed by atoms with Crippen LogP contribution in [0, 0.1) is 10.8 Å². The van der Waals surface area contributed by atoms with Crippen molar-refractivity contribution in [3.05, 3.63) is 60.2 Å². The summed E-state index contributed by atoms with van der Waals surface area (Å²) >= 11 is 0. The van der Waals surface area contributed by atoms with E-state index < -0.39 is 40.6 Å². The number of unbranched alkanes of at least 4 members (excludes halogenated alkanes) is 10. The van der Waals surface area contributed by atoms with Crippen molar-refractivity contribution in [2.75, 3.05) is 40.4 Å². The van der Waals surface area contributed by atoms with Crippen molar-refractivity contribution in [2.45, 2.75) is 103 Å². The maximum absolute atomic E-state index is 15.3. The third kappa shape index (κ3) is 7.20. The van der Waals surface area contributed by atoms with Gasteiger partial charge in [-0.05, 0) is 50.2 Å². The van der Waals surface area contributed by atoms with Gasteiger partial charge in [0.25, 0.3) is 0 Å². The molecule has 252 valence electrons. The first kappa shape index (κ1) is 35.7. The summed E-state index contributed by atoms with van der Waals surface area (Å²) in [4.78, 5) is 57.7. The standard InChI is InChI=1S/C37H54N4O5/c1-5-7-9-11-13-19-25-40-27-36(34(43)45-3)31(29-21-15-17-23-38-29)41(26-20-14-12-10-8-6-2)32(30-22-16-18-24-39-30)37(28-40,33(36)42)35(44)46-4/h15-18,21-24,31-32H,5-14,19-20,25-28H2,1-4H3. The number of fused-ring (bicyclic) bond motifs is 2. The maximum atomic E-state index is 15.3. The molecule has 4 atom stereocenters. The molecular weight excluding hydrogens is 580 g/mol. The van der Waals surface area contributed by atoms with Crippen LogP contribution in [-0.4, -0.2) is 77.9 Å². The van der Waals surface area contributed by atoms with Crippen LogP contribution in [0.3, 0.4) is 0 Å². The molecule has 0 saturated carbocycles. The lowest BCUT2D eigenvalue weighted by atomic mass is 9.54. The molecule has 0 amide bonds. The van der Waals surface area contributed by atoms with E-state index in [2.05, 4.69) is 23.6 Å². The van der Waals surface area contributed by atoms with Crippen LogP contribution < -0.4 is 0 Å². The Balaban J connectivity index is 1.88. The number of carbonyl (C=O) groups is 3. The van der Waals surface area contributed by atoms with Crippen LogP contribution in [0.25, 0.3) is 0 Å². The van der Waals surface area contributed by atoms with Crippen molar-refractivity contribution in [3.8, 4) is 0 Å². The number of hydrogen-bond donors (Lipinski definition) is 0. The van der Waals surface area contributed by atoms with Crippen LogP contribution in [0.2, 0.25) is 0 Å². The molecule has 0 radical (unpaired) electrons. The van der Waals surface area contributed by atoms with E-state index >= 15 is 4.79 Å². The van der Waals surface area contributed by atoms with Gasteiger partial charge in [-0.1, -0.05) is 90.2 Å². The highest BCUT2D eigenvalue weighted by molar-refractivity contribution is 6.17. The number of carbonyl (C=O) groups excluding carboxylic acids is 3. The van der Waals surface area contributed by atoms with E-state index in [4.69, 9.17) is 19.4 Å². The smallest absolute Gasteiger partial charge is 0.322 e. The first-order valence-corrected chi connectivity index (χ1v) is 17.4. The molecule has 2 saturated heterocycles. The summed E-state index contributed by atoms with van der Waals surface area (Å²) in [6.07, 6.45) is 16.5. The molecule has 9 nitrogen and oxygen atoms in total. The SMILES string of the molecule is CCCCCCCCN1CC2(C(=O)OC)C(=O)C(C(=O)OC)(C1)C(c1ccccn1)N(CCCCCCCC)C2c1ccccn1. The van der Waals surface area contributed by atoms with Gasteiger partial charge in [0.1, 0.15) is 0 Å². The predicted octanol–water partition coefficient (Wildman–Crippen LogP) is 6.50. The molecule has 0 spiro atoms. The number of ketones is 1. The Morgan fingerprint density at radius 1 is 0.696 bits per heavy atom. The second-order valence-corrected chi connectivity index (χ2v) is 13.1. The predicted molar refractivity (Wildman–Crippen MR) is 178 cm³/mol. The molecule has 2 aliphatic rings. The Kier molecular flexibility index (Phi) is 13.3. The number of nitrogens with zero attached hydrogens (tertiary/aromatic N) is 4. The number of esters is 2. The Morgan fingerprint density at radius 3 is 1.54 bits per heavy atom. The van der Waals surface area contributed by atoms with Gasteiger partial charge >= 0.3 is 11.9 Å². The number of methoxy groups -OCH3 is 2. The Morgan fingerprint density at radius 2 is 1.13 bits per heavy atom. The molecule has 4 rings (SSSR count). The maximum Gasteiger partial charge on any atom is 0.322 e. The first-order chi connectivity index (χ1) is 22.4. The molecule has 9 heteroatoms. The molecule has 0 aromatic carbocycles. The van der Waals surface area contributed by atoms with Gasteiger partial charge in [0.15, 0.2) is 16.6 Å². The average Bonchev–Trinajstić information content (AvgIpc) is 3.08. The Labute approximate surface area is 275 Å². The largest absolute Gasteiger partial charge is 0.468 e. The van der Waals surface area contributed by atoms with Gasteiger partial charge in [-0.3, -0.25) is 34.2 Å². The van der Waals surface area contributed by atoms with Gasteiger partial charge < -0.3 is 9.47 Å². The molecule has 4 unspecified atom stereocenters. The Bertz CT molecular complexity index is 1180. The number of ether oxygens (including phenoxy) is 2. The van der Waals surface area contributed by atoms with E-state index in [1.807, 2.05) is 36.4 Å². The summed E-state index contributed by atoms with van der Waals surface area (Å²) in [5.41, 5.74) is -2.17. The van der Waals surface area contributed by atoms with E-state index in [1.54, 1.807) is 12.4 Å². The highest BCUT2D eigenvalue weighted by Gasteiger charge is 2.75. The molecule has 2 aromatic rings. The van der Waals surface area contributed by atoms with Crippen LogP contribution in [0.5, 0.6) is 0 Å². The van der Waals surface area contributed by atoms with Crippen molar-refractivity contribution in [3.63, 3.8) is 0 Å². The van der Waals surface area contributed by atoms with Crippen molar-refractivity contribution in [1.82, 2.24) is 19.8 Å². The summed E-state index contributed by atoms with van der Waals surface area (Å²) in [6.45, 7) is 5.90. The average molecular weight is 635 g/mol. The third-order valence-electron chi connectivity index (χ3n) is 9.99. The van der Waals surface area contributed by atoms with Crippen LogP contribution in [-0.2, 0) is 23.9 Å². The summed E-state index contributed by atoms with van der Waals surface area (Å²) in [7, 11) is 2.66. The minimum Gasteiger partial charge on any atom is -0.468 e. The van der Waals surface area contributed by atoms with Gasteiger partial charge in [0.05, 0.1) is 37.7 Å². The molecular formula is C37H54N4O5. The van der Waals surface area contributed by atoms with Crippen LogP contribution in [0.4, 0.5) is 0 Å². The summed E-state index contributed by atoms with van der Waals surface area (Å²) < 4.78 is 11.0. The second kappa shape index (κ2) is 17.1. The lowest BCUT2D eigenvalue weighted by Gasteiger charge is -2.61. The number of likely N-dealkylation sites (tertiary alicyclic amines) is 2. The second-order valence-electron chi connectivity index (χ2n) is 13.1. The summed E-state index contributed by atoms with van der Waals surface area (Å²) in [6, 6.07) is 9.66. The van der Waals surface area contributed by atoms with E-state index in [0.29, 0.717) is 24.5 Å². The van der Waals surface area contributed by atoms with E-state index in [0.717, 1.165) is 51.4 Å². The number of hydrogen-bond acceptors (Lipinski definition) is 9. The third-order valence-corrected chi connectivity index (χ3v) is 9.99. The lowest BCUT2D eigenvalue weighted by molar-refractivity contribution is -0.206. The topological polar surface area (TPSA) is 102 Å². The van der Waals surface area contributed by atoms with E-state index in [-0.39, 0.29) is 13.1 Å². The highest BCUT2D eigenvalue weighted by atomic mass is 16.5. The zero-order valence-electron chi connectivity index (χ0n) is 28.4. The minimum absolute atomic E-state index is 0.148. The van der Waals surface area contributed by atoms with E-state index in [1.165, 1.54) is 39.9 Å². The molecule has 2 aromatic heterocycles. The van der Waals surface area contributed by atoms with Gasteiger partial charge in [-0.15, -0.1) is 0 Å².